The fourth-order valence-corrected chi connectivity index (χ4v) is 4.23. The minimum atomic E-state index is 0.127. The number of aromatic nitrogens is 1. The Balaban J connectivity index is 1.23. The molecule has 3 aromatic rings. The van der Waals surface area contributed by atoms with E-state index in [1.54, 1.807) is 0 Å². The molecule has 2 aromatic carbocycles. The molecule has 4 nitrogen and oxygen atoms in total. The molecule has 28 heavy (non-hydrogen) atoms. The average molecular weight is 376 g/mol. The first-order chi connectivity index (χ1) is 13.7. The van der Waals surface area contributed by atoms with Crippen molar-refractivity contribution in [2.24, 2.45) is 5.92 Å². The summed E-state index contributed by atoms with van der Waals surface area (Å²) in [7, 11) is 0. The van der Waals surface area contributed by atoms with Crippen molar-refractivity contribution in [1.29, 1.82) is 0 Å². The molecule has 0 saturated carbocycles. The number of amides is 1. The van der Waals surface area contributed by atoms with Gasteiger partial charge in [0.05, 0.1) is 0 Å². The largest absolute Gasteiger partial charge is 0.357 e. The van der Waals surface area contributed by atoms with Crippen LogP contribution in [-0.4, -0.2) is 28.9 Å². The standard InChI is InChI=1S/C24H29N3O/c1-18-21-9-5-6-10-22(21)26-23(18)17-27-15-13-19(14-16-27)11-12-24(28)25-20-7-3-2-4-8-20/h2-10,19,26H,11-17H2,1H3,(H,25,28). The molecule has 146 valence electrons. The first-order valence-electron chi connectivity index (χ1n) is 10.3. The molecule has 1 fully saturated rings. The second-order valence-corrected chi connectivity index (χ2v) is 7.95. The van der Waals surface area contributed by atoms with Gasteiger partial charge in [0.1, 0.15) is 0 Å². The molecule has 0 atom stereocenters. The molecule has 0 bridgehead atoms. The summed E-state index contributed by atoms with van der Waals surface area (Å²) < 4.78 is 0. The number of aryl methyl sites for hydroxylation is 1. The number of nitrogens with zero attached hydrogens (tertiary/aromatic N) is 1. The molecule has 0 radical (unpaired) electrons. The molecule has 1 aliphatic heterocycles. The summed E-state index contributed by atoms with van der Waals surface area (Å²) >= 11 is 0. The van der Waals surface area contributed by atoms with E-state index in [-0.39, 0.29) is 5.91 Å². The third-order valence-corrected chi connectivity index (χ3v) is 6.00. The minimum absolute atomic E-state index is 0.127. The Morgan fingerprint density at radius 3 is 2.54 bits per heavy atom. The van der Waals surface area contributed by atoms with Gasteiger partial charge in [0.2, 0.25) is 5.91 Å². The van der Waals surface area contributed by atoms with Crippen LogP contribution in [-0.2, 0) is 11.3 Å². The summed E-state index contributed by atoms with van der Waals surface area (Å²) in [5, 5.41) is 4.32. The Labute approximate surface area is 166 Å². The van der Waals surface area contributed by atoms with Crippen LogP contribution in [0.25, 0.3) is 10.9 Å². The Bertz CT molecular complexity index is 923. The van der Waals surface area contributed by atoms with Crippen molar-refractivity contribution in [2.75, 3.05) is 18.4 Å². The van der Waals surface area contributed by atoms with Crippen LogP contribution in [0.2, 0.25) is 0 Å². The van der Waals surface area contributed by atoms with Crippen LogP contribution in [0.1, 0.15) is 36.9 Å². The number of aromatic amines is 1. The van der Waals surface area contributed by atoms with Gasteiger partial charge in [-0.3, -0.25) is 9.69 Å². The first kappa shape index (κ1) is 18.8. The van der Waals surface area contributed by atoms with Crippen molar-refractivity contribution >= 4 is 22.5 Å². The quantitative estimate of drug-likeness (QED) is 0.629. The van der Waals surface area contributed by atoms with Crippen LogP contribution >= 0.6 is 0 Å². The zero-order valence-electron chi connectivity index (χ0n) is 16.6. The van der Waals surface area contributed by atoms with E-state index in [2.05, 4.69) is 46.4 Å². The number of piperidine rings is 1. The summed E-state index contributed by atoms with van der Waals surface area (Å²) in [5.74, 6) is 0.781. The predicted octanol–water partition coefficient (Wildman–Crippen LogP) is 5.11. The fraction of sp³-hybridized carbons (Fsp3) is 0.375. The molecular formula is C24H29N3O. The normalized spacial score (nSPS) is 15.8. The van der Waals surface area contributed by atoms with Crippen molar-refractivity contribution in [2.45, 2.75) is 39.2 Å². The number of fused-ring (bicyclic) bond motifs is 1. The van der Waals surface area contributed by atoms with E-state index in [9.17, 15) is 4.79 Å². The maximum atomic E-state index is 12.2. The predicted molar refractivity (Wildman–Crippen MR) is 115 cm³/mol. The number of carbonyl (C=O) groups excluding carboxylic acids is 1. The van der Waals surface area contributed by atoms with E-state index < -0.39 is 0 Å². The van der Waals surface area contributed by atoms with Gasteiger partial charge >= 0.3 is 0 Å². The SMILES string of the molecule is Cc1c(CN2CCC(CCC(=O)Nc3ccccc3)CC2)[nH]c2ccccc12. The van der Waals surface area contributed by atoms with Crippen LogP contribution in [0.4, 0.5) is 5.69 Å². The molecular weight excluding hydrogens is 346 g/mol. The zero-order chi connectivity index (χ0) is 19.3. The van der Waals surface area contributed by atoms with Gasteiger partial charge in [0, 0.05) is 35.2 Å². The van der Waals surface area contributed by atoms with Crippen LogP contribution < -0.4 is 5.32 Å². The van der Waals surface area contributed by atoms with E-state index in [0.717, 1.165) is 31.7 Å². The highest BCUT2D eigenvalue weighted by atomic mass is 16.1. The van der Waals surface area contributed by atoms with Gasteiger partial charge in [-0.25, -0.2) is 0 Å². The van der Waals surface area contributed by atoms with E-state index in [0.29, 0.717) is 12.3 Å². The van der Waals surface area contributed by atoms with E-state index in [1.807, 2.05) is 30.3 Å². The second-order valence-electron chi connectivity index (χ2n) is 7.95. The Morgan fingerprint density at radius 1 is 1.07 bits per heavy atom. The summed E-state index contributed by atoms with van der Waals surface area (Å²) in [6.07, 6.45) is 3.95. The molecule has 1 aliphatic rings. The lowest BCUT2D eigenvalue weighted by molar-refractivity contribution is -0.116. The monoisotopic (exact) mass is 375 g/mol. The summed E-state index contributed by atoms with van der Waals surface area (Å²) in [5.41, 5.74) is 4.82. The van der Waals surface area contributed by atoms with Gasteiger partial charge in [0.15, 0.2) is 0 Å². The number of carbonyl (C=O) groups is 1. The molecule has 1 saturated heterocycles. The first-order valence-corrected chi connectivity index (χ1v) is 10.3. The molecule has 0 aliphatic carbocycles. The highest BCUT2D eigenvalue weighted by Crippen LogP contribution is 2.26. The lowest BCUT2D eigenvalue weighted by atomic mass is 9.92. The number of hydrogen-bond acceptors (Lipinski definition) is 2. The summed E-state index contributed by atoms with van der Waals surface area (Å²) in [6.45, 7) is 5.42. The number of hydrogen-bond donors (Lipinski definition) is 2. The van der Waals surface area contributed by atoms with E-state index >= 15 is 0 Å². The fourth-order valence-electron chi connectivity index (χ4n) is 4.23. The molecule has 1 amide bonds. The lowest BCUT2D eigenvalue weighted by Gasteiger charge is -2.31. The zero-order valence-corrected chi connectivity index (χ0v) is 16.6. The van der Waals surface area contributed by atoms with Gasteiger partial charge < -0.3 is 10.3 Å². The van der Waals surface area contributed by atoms with Gasteiger partial charge in [-0.15, -0.1) is 0 Å². The number of H-pyrrole nitrogens is 1. The number of likely N-dealkylation sites (tertiary alicyclic amines) is 1. The molecule has 2 N–H and O–H groups in total. The average Bonchev–Trinajstić information content (AvgIpc) is 3.04. The number of rotatable bonds is 6. The molecule has 0 unspecified atom stereocenters. The van der Waals surface area contributed by atoms with Gasteiger partial charge in [-0.05, 0) is 69.0 Å². The number of benzene rings is 2. The van der Waals surface area contributed by atoms with Crippen LogP contribution in [0, 0.1) is 12.8 Å². The topological polar surface area (TPSA) is 48.1 Å². The second kappa shape index (κ2) is 8.61. The van der Waals surface area contributed by atoms with Crippen molar-refractivity contribution in [3.8, 4) is 0 Å². The van der Waals surface area contributed by atoms with Gasteiger partial charge in [-0.2, -0.15) is 0 Å². The molecule has 1 aromatic heterocycles. The van der Waals surface area contributed by atoms with E-state index in [4.69, 9.17) is 0 Å². The molecule has 4 heteroatoms. The molecule has 2 heterocycles. The third kappa shape index (κ3) is 4.45. The molecule has 4 rings (SSSR count). The van der Waals surface area contributed by atoms with Crippen molar-refractivity contribution in [1.82, 2.24) is 9.88 Å². The van der Waals surface area contributed by atoms with Crippen molar-refractivity contribution < 1.29 is 4.79 Å². The van der Waals surface area contributed by atoms with Crippen molar-refractivity contribution in [3.63, 3.8) is 0 Å². The maximum absolute atomic E-state index is 12.2. The van der Waals surface area contributed by atoms with Gasteiger partial charge in [0.25, 0.3) is 0 Å². The van der Waals surface area contributed by atoms with Crippen LogP contribution in [0.3, 0.4) is 0 Å². The van der Waals surface area contributed by atoms with Crippen molar-refractivity contribution in [3.05, 3.63) is 65.9 Å². The number of para-hydroxylation sites is 2. The lowest BCUT2D eigenvalue weighted by Crippen LogP contribution is -2.33. The highest BCUT2D eigenvalue weighted by Gasteiger charge is 2.21. The Kier molecular flexibility index (Phi) is 5.77. The maximum Gasteiger partial charge on any atom is 0.224 e. The van der Waals surface area contributed by atoms with Crippen LogP contribution in [0.5, 0.6) is 0 Å². The highest BCUT2D eigenvalue weighted by molar-refractivity contribution is 5.90. The Morgan fingerprint density at radius 2 is 1.79 bits per heavy atom. The third-order valence-electron chi connectivity index (χ3n) is 6.00. The van der Waals surface area contributed by atoms with E-state index in [1.165, 1.54) is 35.0 Å². The van der Waals surface area contributed by atoms with Gasteiger partial charge in [-0.1, -0.05) is 36.4 Å². The minimum Gasteiger partial charge on any atom is -0.357 e. The Hall–Kier alpha value is -2.59. The number of nitrogens with one attached hydrogen (secondary N) is 2. The molecule has 0 spiro atoms. The number of anilines is 1. The van der Waals surface area contributed by atoms with Crippen LogP contribution in [0.15, 0.2) is 54.6 Å². The summed E-state index contributed by atoms with van der Waals surface area (Å²) in [4.78, 5) is 18.3. The summed E-state index contributed by atoms with van der Waals surface area (Å²) in [6, 6.07) is 18.2. The smallest absolute Gasteiger partial charge is 0.224 e.